The predicted octanol–water partition coefficient (Wildman–Crippen LogP) is 7.50. The van der Waals surface area contributed by atoms with E-state index in [1.54, 1.807) is 57.0 Å². The second-order valence-electron chi connectivity index (χ2n) is 19.1. The molecule has 0 bridgehead atoms. The number of hydrogen-bond donors (Lipinski definition) is 2. The van der Waals surface area contributed by atoms with Gasteiger partial charge in [-0.2, -0.15) is 0 Å². The molecular weight excluding hydrogens is 851 g/mol. The first-order valence-electron chi connectivity index (χ1n) is 24.0. The van der Waals surface area contributed by atoms with Gasteiger partial charge in [0.25, 0.3) is 0 Å². The van der Waals surface area contributed by atoms with Gasteiger partial charge in [-0.15, -0.1) is 0 Å². The van der Waals surface area contributed by atoms with Crippen LogP contribution in [0, 0.1) is 23.7 Å². The molecule has 0 spiro atoms. The Morgan fingerprint density at radius 1 is 0.776 bits per heavy atom. The molecule has 1 aliphatic rings. The van der Waals surface area contributed by atoms with Crippen molar-refractivity contribution in [1.82, 2.24) is 25.3 Å². The lowest BCUT2D eigenvalue weighted by atomic mass is 9.89. The SMILES string of the molecule is C.CC[C@H](C)[C@@H]([C@@H](CC(=O)N1CCC[C@H]1[C@H](OC)[C@@H](C)C(=O)N[C@H](C)C(OC(=O)CCCCC(=O)c1ccccc1)c1ccccc1)OC)N(C)C(=O)[C@@H](NC(=O)[C@H](C(C)C)N(C)C)C(C)C. The normalized spacial score (nSPS) is 17.9. The third-order valence-corrected chi connectivity index (χ3v) is 13.3. The Bertz CT molecular complexity index is 1840. The van der Waals surface area contributed by atoms with Gasteiger partial charge in [0, 0.05) is 46.2 Å². The van der Waals surface area contributed by atoms with Gasteiger partial charge in [-0.1, -0.05) is 123 Å². The van der Waals surface area contributed by atoms with E-state index >= 15 is 0 Å². The van der Waals surface area contributed by atoms with Gasteiger partial charge in [0.05, 0.1) is 48.7 Å². The van der Waals surface area contributed by atoms with Crippen LogP contribution in [0.25, 0.3) is 0 Å². The molecule has 0 aromatic heterocycles. The lowest BCUT2D eigenvalue weighted by Gasteiger charge is -2.41. The highest BCUT2D eigenvalue weighted by atomic mass is 16.5. The van der Waals surface area contributed by atoms with Crippen LogP contribution in [-0.2, 0) is 38.2 Å². The van der Waals surface area contributed by atoms with Gasteiger partial charge < -0.3 is 34.6 Å². The molecule has 1 unspecified atom stereocenters. The summed E-state index contributed by atoms with van der Waals surface area (Å²) in [6.07, 6.45) is 1.46. The molecule has 0 aliphatic carbocycles. The summed E-state index contributed by atoms with van der Waals surface area (Å²) in [5.41, 5.74) is 1.38. The van der Waals surface area contributed by atoms with Gasteiger partial charge in [-0.05, 0) is 70.0 Å². The molecule has 3 rings (SSSR count). The number of hydrogen-bond acceptors (Lipinski definition) is 10. The number of nitrogens with one attached hydrogen (secondary N) is 2. The summed E-state index contributed by atoms with van der Waals surface area (Å²) >= 11 is 0. The maximum Gasteiger partial charge on any atom is 0.306 e. The van der Waals surface area contributed by atoms with Crippen LogP contribution in [0.5, 0.6) is 0 Å². The number of nitrogens with zero attached hydrogens (tertiary/aromatic N) is 3. The summed E-state index contributed by atoms with van der Waals surface area (Å²) in [4.78, 5) is 87.4. The molecule has 1 fully saturated rings. The maximum atomic E-state index is 14.4. The number of benzene rings is 2. The van der Waals surface area contributed by atoms with Crippen molar-refractivity contribution in [1.29, 1.82) is 0 Å². The molecule has 1 saturated heterocycles. The fourth-order valence-corrected chi connectivity index (χ4v) is 9.47. The minimum Gasteiger partial charge on any atom is -0.455 e. The van der Waals surface area contributed by atoms with Crippen LogP contribution >= 0.6 is 0 Å². The maximum absolute atomic E-state index is 14.4. The Morgan fingerprint density at radius 2 is 1.37 bits per heavy atom. The van der Waals surface area contributed by atoms with Crippen LogP contribution in [0.2, 0.25) is 0 Å². The molecular formula is C53H85N5O9. The summed E-state index contributed by atoms with van der Waals surface area (Å²) in [6.45, 7) is 15.9. The van der Waals surface area contributed by atoms with Crippen LogP contribution in [0.15, 0.2) is 60.7 Å². The molecule has 2 aromatic rings. The van der Waals surface area contributed by atoms with E-state index in [2.05, 4.69) is 10.6 Å². The number of Topliss-reactive ketones (excluding diaryl/α,β-unsaturated/α-hetero) is 1. The van der Waals surface area contributed by atoms with Crippen LogP contribution in [0.3, 0.4) is 0 Å². The molecule has 1 aliphatic heterocycles. The first-order chi connectivity index (χ1) is 31.3. The number of likely N-dealkylation sites (N-methyl/N-ethyl adjacent to an activating group) is 2. The number of likely N-dealkylation sites (tertiary alicyclic amines) is 1. The highest BCUT2D eigenvalue weighted by molar-refractivity contribution is 5.96. The molecule has 2 N–H and O–H groups in total. The zero-order valence-corrected chi connectivity index (χ0v) is 42.1. The molecule has 2 aromatic carbocycles. The van der Waals surface area contributed by atoms with Crippen molar-refractivity contribution in [3.63, 3.8) is 0 Å². The molecule has 67 heavy (non-hydrogen) atoms. The number of carbonyl (C=O) groups excluding carboxylic acids is 6. The third-order valence-electron chi connectivity index (χ3n) is 13.3. The first kappa shape index (κ1) is 58.5. The lowest BCUT2D eigenvalue weighted by molar-refractivity contribution is -0.152. The zero-order valence-electron chi connectivity index (χ0n) is 42.1. The van der Waals surface area contributed by atoms with E-state index in [0.29, 0.717) is 37.8 Å². The summed E-state index contributed by atoms with van der Waals surface area (Å²) in [7, 11) is 8.53. The van der Waals surface area contributed by atoms with E-state index in [9.17, 15) is 28.8 Å². The largest absolute Gasteiger partial charge is 0.455 e. The third kappa shape index (κ3) is 16.5. The number of methoxy groups -OCH3 is 2. The topological polar surface area (TPSA) is 164 Å². The Morgan fingerprint density at radius 3 is 1.91 bits per heavy atom. The van der Waals surface area contributed by atoms with Crippen molar-refractivity contribution in [2.45, 2.75) is 163 Å². The average Bonchev–Trinajstić information content (AvgIpc) is 3.78. The smallest absolute Gasteiger partial charge is 0.306 e. The Balaban J connectivity index is 0.0000154. The van der Waals surface area contributed by atoms with Gasteiger partial charge >= 0.3 is 5.97 Å². The van der Waals surface area contributed by atoms with Crippen molar-refractivity contribution in [3.05, 3.63) is 71.8 Å². The number of unbranched alkanes of at least 4 members (excludes halogenated alkanes) is 1. The Labute approximate surface area is 402 Å². The van der Waals surface area contributed by atoms with E-state index in [4.69, 9.17) is 14.2 Å². The summed E-state index contributed by atoms with van der Waals surface area (Å²) in [5, 5.41) is 6.12. The van der Waals surface area contributed by atoms with E-state index in [-0.39, 0.29) is 67.4 Å². The molecule has 14 heteroatoms. The van der Waals surface area contributed by atoms with E-state index in [1.807, 2.05) is 109 Å². The van der Waals surface area contributed by atoms with Crippen molar-refractivity contribution >= 4 is 35.4 Å². The summed E-state index contributed by atoms with van der Waals surface area (Å²) in [5.74, 6) is -2.24. The van der Waals surface area contributed by atoms with Gasteiger partial charge in [-0.3, -0.25) is 33.7 Å². The first-order valence-corrected chi connectivity index (χ1v) is 24.0. The number of esters is 1. The lowest BCUT2D eigenvalue weighted by Crippen LogP contribution is -2.59. The summed E-state index contributed by atoms with van der Waals surface area (Å²) < 4.78 is 18.1. The average molecular weight is 936 g/mol. The zero-order chi connectivity index (χ0) is 49.2. The van der Waals surface area contributed by atoms with Crippen LogP contribution in [0.1, 0.15) is 136 Å². The highest BCUT2D eigenvalue weighted by Gasteiger charge is 2.43. The minimum atomic E-state index is -0.785. The van der Waals surface area contributed by atoms with E-state index < -0.39 is 60.4 Å². The fourth-order valence-electron chi connectivity index (χ4n) is 9.47. The van der Waals surface area contributed by atoms with Crippen LogP contribution in [-0.4, -0.2) is 134 Å². The molecule has 1 heterocycles. The standard InChI is InChI=1S/C52H81N5O9.CH4/c1-14-35(6)47(56(11)52(63)45(33(2)3)54-51(62)46(34(4)5)55(9)10)42(64-12)32-43(59)57-31-23-28-40(57)48(65-13)36(7)50(61)53-37(8)49(39-26-19-16-20-27-39)66-44(60)30-22-21-29-41(58)38-24-17-15-18-25-38;/h15-20,24-27,33-37,40,42,45-49H,14,21-23,28-32H2,1-13H3,(H,53,61)(H,54,62);1H4/t35-,36+,37+,40-,42+,45-,46-,47-,48+,49?;/m0./s1. The summed E-state index contributed by atoms with van der Waals surface area (Å²) in [6, 6.07) is 15.7. The predicted molar refractivity (Wildman–Crippen MR) is 264 cm³/mol. The molecule has 0 radical (unpaired) electrons. The van der Waals surface area contributed by atoms with Gasteiger partial charge in [-0.25, -0.2) is 0 Å². The van der Waals surface area contributed by atoms with Gasteiger partial charge in [0.15, 0.2) is 5.78 Å². The number of ketones is 1. The second-order valence-corrected chi connectivity index (χ2v) is 19.1. The van der Waals surface area contributed by atoms with Crippen molar-refractivity contribution < 1.29 is 43.0 Å². The number of ether oxygens (including phenoxy) is 3. The number of rotatable bonds is 27. The molecule has 0 saturated carbocycles. The minimum absolute atomic E-state index is 0. The monoisotopic (exact) mass is 936 g/mol. The number of carbonyl (C=O) groups is 6. The molecule has 14 nitrogen and oxygen atoms in total. The van der Waals surface area contributed by atoms with Crippen molar-refractivity contribution in [3.8, 4) is 0 Å². The number of amides is 4. The van der Waals surface area contributed by atoms with Crippen molar-refractivity contribution in [2.24, 2.45) is 23.7 Å². The molecule has 376 valence electrons. The van der Waals surface area contributed by atoms with Crippen molar-refractivity contribution in [2.75, 3.05) is 41.9 Å². The Hall–Kier alpha value is -4.66. The fraction of sp³-hybridized carbons (Fsp3) is 0.660. The molecule has 4 amide bonds. The molecule has 10 atom stereocenters. The van der Waals surface area contributed by atoms with Gasteiger partial charge in [0.2, 0.25) is 23.6 Å². The van der Waals surface area contributed by atoms with E-state index in [0.717, 1.165) is 18.4 Å². The quantitative estimate of drug-likeness (QED) is 0.0521. The van der Waals surface area contributed by atoms with Crippen LogP contribution < -0.4 is 10.6 Å². The van der Waals surface area contributed by atoms with Gasteiger partial charge in [0.1, 0.15) is 12.1 Å². The highest BCUT2D eigenvalue weighted by Crippen LogP contribution is 2.31. The van der Waals surface area contributed by atoms with E-state index in [1.165, 1.54) is 0 Å². The second kappa shape index (κ2) is 28.6. The Kier molecular flexibility index (Phi) is 25.0. The van der Waals surface area contributed by atoms with Crippen LogP contribution in [0.4, 0.5) is 0 Å².